The van der Waals surface area contributed by atoms with Crippen LogP contribution in [0.2, 0.25) is 0 Å². The van der Waals surface area contributed by atoms with Crippen molar-refractivity contribution in [2.24, 2.45) is 12.5 Å². The van der Waals surface area contributed by atoms with E-state index in [1.165, 1.54) is 0 Å². The van der Waals surface area contributed by atoms with Gasteiger partial charge in [-0.3, -0.25) is 9.48 Å². The van der Waals surface area contributed by atoms with Crippen LogP contribution in [0.4, 0.5) is 0 Å². The van der Waals surface area contributed by atoms with E-state index < -0.39 is 6.10 Å². The van der Waals surface area contributed by atoms with Gasteiger partial charge in [-0.1, -0.05) is 20.8 Å². The van der Waals surface area contributed by atoms with Crippen molar-refractivity contribution in [1.82, 2.24) is 9.78 Å². The van der Waals surface area contributed by atoms with Crippen molar-refractivity contribution in [1.29, 1.82) is 0 Å². The summed E-state index contributed by atoms with van der Waals surface area (Å²) in [4.78, 5) is 12.2. The third-order valence-corrected chi connectivity index (χ3v) is 2.32. The number of rotatable bonds is 4. The van der Waals surface area contributed by atoms with Crippen LogP contribution in [0.3, 0.4) is 0 Å². The number of Topliss-reactive ketones (excluding diaryl/α,β-unsaturated/α-hetero) is 1. The molecule has 0 aromatic carbocycles. The van der Waals surface area contributed by atoms with E-state index >= 15 is 0 Å². The molecule has 0 aliphatic carbocycles. The third kappa shape index (κ3) is 2.92. The molecule has 0 amide bonds. The number of aromatic nitrogens is 2. The first-order valence-corrected chi connectivity index (χ1v) is 5.51. The van der Waals surface area contributed by atoms with Crippen molar-refractivity contribution in [3.8, 4) is 0 Å². The Kier molecular flexibility index (Phi) is 3.86. The molecular weight excluding hydrogens is 204 g/mol. The minimum Gasteiger partial charge on any atom is -0.370 e. The lowest BCUT2D eigenvalue weighted by atomic mass is 9.85. The SMILES string of the molecule is CCOC(C(=O)c1ccn(C)n1)C(C)(C)C. The zero-order valence-corrected chi connectivity index (χ0v) is 10.7. The molecule has 1 rings (SSSR count). The Labute approximate surface area is 96.6 Å². The van der Waals surface area contributed by atoms with Crippen LogP contribution < -0.4 is 0 Å². The number of hydrogen-bond donors (Lipinski definition) is 0. The van der Waals surface area contributed by atoms with Gasteiger partial charge in [-0.25, -0.2) is 0 Å². The summed E-state index contributed by atoms with van der Waals surface area (Å²) in [5.74, 6) is -0.0463. The molecule has 0 spiro atoms. The lowest BCUT2D eigenvalue weighted by Crippen LogP contribution is -2.37. The van der Waals surface area contributed by atoms with E-state index in [1.807, 2.05) is 27.7 Å². The average molecular weight is 224 g/mol. The monoisotopic (exact) mass is 224 g/mol. The predicted octanol–water partition coefficient (Wildman–Crippen LogP) is 2.05. The fraction of sp³-hybridized carbons (Fsp3) is 0.667. The molecule has 1 atom stereocenters. The second-order valence-electron chi connectivity index (χ2n) is 4.94. The van der Waals surface area contributed by atoms with Gasteiger partial charge in [0.2, 0.25) is 5.78 Å². The molecule has 0 N–H and O–H groups in total. The fourth-order valence-electron chi connectivity index (χ4n) is 1.57. The van der Waals surface area contributed by atoms with Gasteiger partial charge in [-0.2, -0.15) is 5.10 Å². The van der Waals surface area contributed by atoms with Gasteiger partial charge < -0.3 is 4.74 Å². The maximum absolute atomic E-state index is 12.2. The lowest BCUT2D eigenvalue weighted by Gasteiger charge is -2.28. The quantitative estimate of drug-likeness (QED) is 0.735. The molecule has 90 valence electrons. The Morgan fingerprint density at radius 3 is 2.56 bits per heavy atom. The highest BCUT2D eigenvalue weighted by Gasteiger charge is 2.33. The zero-order chi connectivity index (χ0) is 12.3. The Morgan fingerprint density at radius 1 is 1.56 bits per heavy atom. The second-order valence-corrected chi connectivity index (χ2v) is 4.94. The first-order valence-electron chi connectivity index (χ1n) is 5.51. The fourth-order valence-corrected chi connectivity index (χ4v) is 1.57. The van der Waals surface area contributed by atoms with E-state index in [1.54, 1.807) is 24.0 Å². The van der Waals surface area contributed by atoms with Crippen LogP contribution in [-0.4, -0.2) is 28.3 Å². The summed E-state index contributed by atoms with van der Waals surface area (Å²) in [6, 6.07) is 1.72. The van der Waals surface area contributed by atoms with Gasteiger partial charge in [-0.05, 0) is 18.4 Å². The molecule has 1 heterocycles. The Hall–Kier alpha value is -1.16. The van der Waals surface area contributed by atoms with Gasteiger partial charge >= 0.3 is 0 Å². The highest BCUT2D eigenvalue weighted by molar-refractivity contribution is 5.98. The zero-order valence-electron chi connectivity index (χ0n) is 10.7. The number of nitrogens with zero attached hydrogens (tertiary/aromatic N) is 2. The number of ketones is 1. The minimum atomic E-state index is -0.438. The first-order chi connectivity index (χ1) is 7.36. The van der Waals surface area contributed by atoms with Gasteiger partial charge in [0.05, 0.1) is 0 Å². The van der Waals surface area contributed by atoms with Crippen LogP contribution in [0.15, 0.2) is 12.3 Å². The molecule has 0 aliphatic heterocycles. The predicted molar refractivity (Wildman–Crippen MR) is 62.4 cm³/mol. The van der Waals surface area contributed by atoms with E-state index in [2.05, 4.69) is 5.10 Å². The van der Waals surface area contributed by atoms with Crippen LogP contribution in [0.5, 0.6) is 0 Å². The molecule has 0 saturated heterocycles. The lowest BCUT2D eigenvalue weighted by molar-refractivity contribution is -0.000607. The summed E-state index contributed by atoms with van der Waals surface area (Å²) in [6.07, 6.45) is 1.33. The number of carbonyl (C=O) groups excluding carboxylic acids is 1. The van der Waals surface area contributed by atoms with Gasteiger partial charge in [0.1, 0.15) is 11.8 Å². The highest BCUT2D eigenvalue weighted by atomic mass is 16.5. The highest BCUT2D eigenvalue weighted by Crippen LogP contribution is 2.25. The van der Waals surface area contributed by atoms with Gasteiger partial charge in [0.25, 0.3) is 0 Å². The molecular formula is C12H20N2O2. The normalized spacial score (nSPS) is 13.8. The molecule has 0 bridgehead atoms. The summed E-state index contributed by atoms with van der Waals surface area (Å²) >= 11 is 0. The van der Waals surface area contributed by atoms with Gasteiger partial charge in [0.15, 0.2) is 0 Å². The van der Waals surface area contributed by atoms with Crippen molar-refractivity contribution in [2.45, 2.75) is 33.8 Å². The summed E-state index contributed by atoms with van der Waals surface area (Å²) in [6.45, 7) is 8.40. The molecule has 0 radical (unpaired) electrons. The Bertz CT molecular complexity index is 363. The van der Waals surface area contributed by atoms with Crippen molar-refractivity contribution < 1.29 is 9.53 Å². The van der Waals surface area contributed by atoms with Crippen LogP contribution in [0.1, 0.15) is 38.2 Å². The molecule has 0 saturated carbocycles. The van der Waals surface area contributed by atoms with Gasteiger partial charge in [-0.15, -0.1) is 0 Å². The number of aryl methyl sites for hydroxylation is 1. The van der Waals surface area contributed by atoms with E-state index in [0.717, 1.165) is 0 Å². The van der Waals surface area contributed by atoms with E-state index in [4.69, 9.17) is 4.74 Å². The Balaban J connectivity index is 2.91. The molecule has 0 aliphatic rings. The smallest absolute Gasteiger partial charge is 0.212 e. The Morgan fingerprint density at radius 2 is 2.19 bits per heavy atom. The standard InChI is InChI=1S/C12H20N2O2/c1-6-16-11(12(2,3)4)10(15)9-7-8-14(5)13-9/h7-8,11H,6H2,1-5H3. The van der Waals surface area contributed by atoms with E-state index in [9.17, 15) is 4.79 Å². The van der Waals surface area contributed by atoms with Gasteiger partial charge in [0, 0.05) is 19.9 Å². The first kappa shape index (κ1) is 12.9. The van der Waals surface area contributed by atoms with Crippen molar-refractivity contribution in [3.63, 3.8) is 0 Å². The third-order valence-electron chi connectivity index (χ3n) is 2.32. The largest absolute Gasteiger partial charge is 0.370 e. The number of hydrogen-bond acceptors (Lipinski definition) is 3. The molecule has 16 heavy (non-hydrogen) atoms. The summed E-state index contributed by atoms with van der Waals surface area (Å²) < 4.78 is 7.16. The van der Waals surface area contributed by atoms with Crippen molar-refractivity contribution in [3.05, 3.63) is 18.0 Å². The molecule has 4 heteroatoms. The molecule has 0 fully saturated rings. The van der Waals surface area contributed by atoms with E-state index in [0.29, 0.717) is 12.3 Å². The maximum Gasteiger partial charge on any atom is 0.212 e. The molecule has 4 nitrogen and oxygen atoms in total. The topological polar surface area (TPSA) is 44.1 Å². The molecule has 1 aromatic rings. The van der Waals surface area contributed by atoms with Crippen LogP contribution in [-0.2, 0) is 11.8 Å². The number of carbonyl (C=O) groups is 1. The summed E-state index contributed by atoms with van der Waals surface area (Å²) in [5, 5.41) is 4.11. The summed E-state index contributed by atoms with van der Waals surface area (Å²) in [7, 11) is 1.80. The van der Waals surface area contributed by atoms with Crippen LogP contribution in [0, 0.1) is 5.41 Å². The molecule has 1 unspecified atom stereocenters. The number of ether oxygens (including phenoxy) is 1. The summed E-state index contributed by atoms with van der Waals surface area (Å²) in [5.41, 5.74) is 0.251. The maximum atomic E-state index is 12.2. The van der Waals surface area contributed by atoms with Crippen molar-refractivity contribution >= 4 is 5.78 Å². The molecule has 1 aromatic heterocycles. The van der Waals surface area contributed by atoms with E-state index in [-0.39, 0.29) is 11.2 Å². The van der Waals surface area contributed by atoms with Crippen LogP contribution >= 0.6 is 0 Å². The van der Waals surface area contributed by atoms with Crippen molar-refractivity contribution in [2.75, 3.05) is 6.61 Å². The minimum absolute atomic E-state index is 0.0463. The van der Waals surface area contributed by atoms with Crippen LogP contribution in [0.25, 0.3) is 0 Å². The average Bonchev–Trinajstić information content (AvgIpc) is 2.58. The second kappa shape index (κ2) is 4.78.